The first-order valence-electron chi connectivity index (χ1n) is 8.20. The van der Waals surface area contributed by atoms with E-state index in [1.807, 2.05) is 0 Å². The summed E-state index contributed by atoms with van der Waals surface area (Å²) in [6.07, 6.45) is 2.79. The number of phosphoric acid groups is 3. The van der Waals surface area contributed by atoms with Crippen molar-refractivity contribution in [3.05, 3.63) is 33.4 Å². The fourth-order valence-corrected chi connectivity index (χ4v) is 4.54. The number of imidazole rings is 2. The molecule has 0 bridgehead atoms. The van der Waals surface area contributed by atoms with Gasteiger partial charge in [-0.05, 0) is 0 Å². The lowest BCUT2D eigenvalue weighted by molar-refractivity contribution is 0.204. The van der Waals surface area contributed by atoms with Crippen LogP contribution in [-0.4, -0.2) is 64.3 Å². The van der Waals surface area contributed by atoms with Crippen LogP contribution in [0.25, 0.3) is 22.3 Å². The van der Waals surface area contributed by atoms with Crippen molar-refractivity contribution < 1.29 is 46.8 Å². The smallest absolute Gasteiger partial charge is 0.369 e. The molecule has 4 rings (SSSR count). The van der Waals surface area contributed by atoms with Crippen molar-refractivity contribution in [2.75, 3.05) is 11.5 Å². The molecule has 192 valence electrons. The van der Waals surface area contributed by atoms with Gasteiger partial charge in [0.05, 0.1) is 12.7 Å². The van der Waals surface area contributed by atoms with Crippen LogP contribution in [0.2, 0.25) is 0 Å². The van der Waals surface area contributed by atoms with Crippen LogP contribution in [-0.2, 0) is 22.3 Å². The fraction of sp³-hybridized carbons (Fsp3) is 0. The fourth-order valence-electron chi connectivity index (χ4n) is 2.00. The number of H-pyrrole nitrogens is 4. The van der Waals surface area contributed by atoms with Crippen LogP contribution in [0, 0.1) is 0 Å². The number of aromatic nitrogens is 8. The Labute approximate surface area is 189 Å². The van der Waals surface area contributed by atoms with Gasteiger partial charge in [-0.15, -0.1) is 0 Å². The van der Waals surface area contributed by atoms with E-state index in [1.54, 1.807) is 0 Å². The first-order chi connectivity index (χ1) is 16.0. The lowest BCUT2D eigenvalue weighted by atomic mass is 10.5. The first-order valence-corrected chi connectivity index (χ1v) is 12.8. The molecule has 0 saturated carbocycles. The molecule has 0 aliphatic heterocycles. The third kappa shape index (κ3) is 9.11. The summed E-state index contributed by atoms with van der Waals surface area (Å²) in [6, 6.07) is 0. The molecule has 0 atom stereocenters. The van der Waals surface area contributed by atoms with E-state index < -0.39 is 23.5 Å². The number of nitrogen functional groups attached to an aromatic ring is 2. The third-order valence-electron chi connectivity index (χ3n) is 3.05. The van der Waals surface area contributed by atoms with Crippen molar-refractivity contribution in [1.29, 1.82) is 0 Å². The van der Waals surface area contributed by atoms with Crippen LogP contribution in [0.1, 0.15) is 0 Å². The summed E-state index contributed by atoms with van der Waals surface area (Å²) in [5.74, 6) is 0.157. The van der Waals surface area contributed by atoms with Gasteiger partial charge in [0.25, 0.3) is 11.1 Å². The third-order valence-corrected chi connectivity index (χ3v) is 6.40. The van der Waals surface area contributed by atoms with E-state index in [2.05, 4.69) is 48.5 Å². The zero-order chi connectivity index (χ0) is 26.6. The Hall–Kier alpha value is -3.29. The predicted octanol–water partition coefficient (Wildman–Crippen LogP) is -2.24. The Kier molecular flexibility index (Phi) is 8.42. The van der Waals surface area contributed by atoms with E-state index in [9.17, 15) is 23.3 Å². The highest BCUT2D eigenvalue weighted by molar-refractivity contribution is 7.66. The van der Waals surface area contributed by atoms with Gasteiger partial charge in [-0.25, -0.2) is 23.7 Å². The number of nitrogens with two attached hydrogens (primary N) is 2. The maximum Gasteiger partial charge on any atom is 0.490 e. The largest absolute Gasteiger partial charge is 0.490 e. The summed E-state index contributed by atoms with van der Waals surface area (Å²) < 4.78 is 36.4. The van der Waals surface area contributed by atoms with Crippen molar-refractivity contribution in [2.45, 2.75) is 0 Å². The number of rotatable bonds is 4. The van der Waals surface area contributed by atoms with Gasteiger partial charge in [0, 0.05) is 0 Å². The number of hydrogen-bond donors (Lipinski definition) is 11. The summed E-state index contributed by atoms with van der Waals surface area (Å²) in [7, 11) is -16.2. The van der Waals surface area contributed by atoms with Crippen molar-refractivity contribution in [2.24, 2.45) is 0 Å². The zero-order valence-electron chi connectivity index (χ0n) is 16.5. The van der Waals surface area contributed by atoms with Crippen LogP contribution in [0.15, 0.2) is 22.2 Å². The topological polar surface area (TPSA) is 372 Å². The minimum atomic E-state index is -5.46. The minimum Gasteiger partial charge on any atom is -0.369 e. The maximum absolute atomic E-state index is 11.0. The molecule has 0 aromatic carbocycles. The van der Waals surface area contributed by atoms with E-state index >= 15 is 0 Å². The van der Waals surface area contributed by atoms with Gasteiger partial charge in [-0.1, -0.05) is 0 Å². The Bertz CT molecular complexity index is 1470. The van der Waals surface area contributed by atoms with Crippen LogP contribution in [0.5, 0.6) is 0 Å². The molecule has 0 spiro atoms. The van der Waals surface area contributed by atoms with Crippen molar-refractivity contribution in [3.63, 3.8) is 0 Å². The normalized spacial score (nSPS) is 12.0. The molecular weight excluding hydrogens is 545 g/mol. The van der Waals surface area contributed by atoms with E-state index in [-0.39, 0.29) is 23.0 Å². The highest BCUT2D eigenvalue weighted by atomic mass is 31.3. The molecule has 0 aliphatic carbocycles. The standard InChI is InChI=1S/2C5H5N5O.H5O10P3/c2*6-5-9-3-2(4(11)10-5)7-1-8-3;1-11(2,3)9-13(7,8)10-12(4,5)6/h2*1H,(H4,6,7,8,9,10,11);(H,7,8)(H2,1,2,3)(H2,4,5,6). The summed E-state index contributed by atoms with van der Waals surface area (Å²) in [5, 5.41) is 0. The molecular formula is C10H15N10O12P3. The van der Waals surface area contributed by atoms with E-state index in [1.165, 1.54) is 12.7 Å². The molecule has 4 heterocycles. The molecule has 4 aromatic rings. The molecule has 25 heteroatoms. The number of fused-ring (bicyclic) bond motifs is 2. The summed E-state index contributed by atoms with van der Waals surface area (Å²) >= 11 is 0. The average Bonchev–Trinajstić information content (AvgIpc) is 3.27. The molecule has 0 fully saturated rings. The summed E-state index contributed by atoms with van der Waals surface area (Å²) in [4.78, 5) is 87.3. The SMILES string of the molecule is Nc1nc2nc[nH]c2c(=O)[nH]1.Nc1nc2nc[nH]c2c(=O)[nH]1.O=P(O)(O)OP(=O)(O)OP(=O)(O)O. The maximum atomic E-state index is 11.0. The molecule has 13 N–H and O–H groups in total. The number of anilines is 2. The van der Waals surface area contributed by atoms with E-state index in [4.69, 9.17) is 35.9 Å². The van der Waals surface area contributed by atoms with Gasteiger partial charge in [0.1, 0.15) is 0 Å². The number of aromatic amines is 4. The molecule has 0 radical (unpaired) electrons. The van der Waals surface area contributed by atoms with Crippen LogP contribution >= 0.6 is 23.5 Å². The predicted molar refractivity (Wildman–Crippen MR) is 114 cm³/mol. The second-order valence-corrected chi connectivity index (χ2v) is 9.92. The monoisotopic (exact) mass is 560 g/mol. The minimum absolute atomic E-state index is 0.0783. The summed E-state index contributed by atoms with van der Waals surface area (Å²) in [5.41, 5.74) is 11.3. The van der Waals surface area contributed by atoms with Gasteiger partial charge in [0.15, 0.2) is 22.3 Å². The van der Waals surface area contributed by atoms with Crippen molar-refractivity contribution >= 4 is 57.7 Å². The van der Waals surface area contributed by atoms with Gasteiger partial charge in [-0.3, -0.25) is 19.6 Å². The Morgan fingerprint density at radius 2 is 1.06 bits per heavy atom. The van der Waals surface area contributed by atoms with E-state index in [0.717, 1.165) is 0 Å². The molecule has 4 aromatic heterocycles. The van der Waals surface area contributed by atoms with Gasteiger partial charge in [-0.2, -0.15) is 18.6 Å². The molecule has 0 aliphatic rings. The van der Waals surface area contributed by atoms with Crippen molar-refractivity contribution in [1.82, 2.24) is 39.9 Å². The number of hydrogen-bond acceptors (Lipinski definition) is 13. The van der Waals surface area contributed by atoms with E-state index in [0.29, 0.717) is 22.3 Å². The van der Waals surface area contributed by atoms with Crippen LogP contribution in [0.3, 0.4) is 0 Å². The Morgan fingerprint density at radius 1 is 0.714 bits per heavy atom. The Morgan fingerprint density at radius 3 is 1.37 bits per heavy atom. The molecule has 35 heavy (non-hydrogen) atoms. The average molecular weight is 560 g/mol. The number of nitrogens with zero attached hydrogens (tertiary/aromatic N) is 4. The van der Waals surface area contributed by atoms with Crippen LogP contribution < -0.4 is 22.6 Å². The zero-order valence-corrected chi connectivity index (χ0v) is 19.2. The second-order valence-electron chi connectivity index (χ2n) is 5.72. The molecule has 0 amide bonds. The molecule has 0 saturated heterocycles. The van der Waals surface area contributed by atoms with Gasteiger partial charge < -0.3 is 45.9 Å². The Balaban J connectivity index is 0.000000185. The molecule has 0 unspecified atom stereocenters. The summed E-state index contributed by atoms with van der Waals surface area (Å²) in [6.45, 7) is 0. The number of nitrogens with one attached hydrogen (secondary N) is 4. The van der Waals surface area contributed by atoms with Crippen LogP contribution in [0.4, 0.5) is 11.9 Å². The quantitative estimate of drug-likeness (QED) is 0.117. The second kappa shape index (κ2) is 10.5. The lowest BCUT2D eigenvalue weighted by Gasteiger charge is -2.11. The molecule has 22 nitrogen and oxygen atoms in total. The van der Waals surface area contributed by atoms with Gasteiger partial charge in [0.2, 0.25) is 11.9 Å². The van der Waals surface area contributed by atoms with Crippen molar-refractivity contribution in [3.8, 4) is 0 Å². The lowest BCUT2D eigenvalue weighted by Crippen LogP contribution is -2.10. The van der Waals surface area contributed by atoms with Gasteiger partial charge >= 0.3 is 23.5 Å². The first kappa shape index (κ1) is 28.0. The highest BCUT2D eigenvalue weighted by Gasteiger charge is 2.38. The highest BCUT2D eigenvalue weighted by Crippen LogP contribution is 2.64.